The van der Waals surface area contributed by atoms with Gasteiger partial charge in [0, 0.05) is 13.0 Å². The molecular weight excluding hydrogens is 623 g/mol. The quantitative estimate of drug-likeness (QED) is 0.0295. The molecule has 0 saturated heterocycles. The van der Waals surface area contributed by atoms with Crippen molar-refractivity contribution in [2.45, 2.75) is 174 Å². The highest BCUT2D eigenvalue weighted by Gasteiger charge is 2.26. The third-order valence-corrected chi connectivity index (χ3v) is 9.11. The number of phosphoric ester groups is 1. The highest BCUT2D eigenvalue weighted by Crippen LogP contribution is 2.43. The summed E-state index contributed by atoms with van der Waals surface area (Å²) in [5.74, 6) is -0.213. The second kappa shape index (κ2) is 35.3. The Bertz CT molecular complexity index is 892. The molecule has 1 amide bonds. The molecule has 0 spiro atoms. The minimum atomic E-state index is -4.34. The summed E-state index contributed by atoms with van der Waals surface area (Å²) in [5, 5.41) is 13.5. The lowest BCUT2D eigenvalue weighted by Crippen LogP contribution is -2.45. The van der Waals surface area contributed by atoms with Crippen LogP contribution in [0.1, 0.15) is 162 Å². The van der Waals surface area contributed by atoms with Crippen LogP contribution in [-0.2, 0) is 18.4 Å². The third-order valence-electron chi connectivity index (χ3n) is 8.13. The lowest BCUT2D eigenvalue weighted by atomic mass is 10.1. The van der Waals surface area contributed by atoms with E-state index in [2.05, 4.69) is 55.6 Å². The van der Waals surface area contributed by atoms with Gasteiger partial charge in [-0.3, -0.25) is 13.8 Å². The standard InChI is InChI=1S/C39H73N2O6P/c1-3-5-7-9-11-13-15-16-17-18-19-20-21-22-23-25-27-29-31-33-39(43)41-37(36-47-48(44,45)46-35-34-40)38(42)32-30-28-26-24-14-12-10-8-6-4-2/h11,13-14,16-17,24,30,32,37-38,42H,3-10,12,15,18-23,25-29,31,33-36,40H2,1-2H3,(H,41,43)(H,44,45)/b13-11-,17-16-,24-14+,32-30+. The maximum atomic E-state index is 12.7. The molecule has 0 aliphatic carbocycles. The summed E-state index contributed by atoms with van der Waals surface area (Å²) >= 11 is 0. The van der Waals surface area contributed by atoms with Crippen molar-refractivity contribution in [3.05, 3.63) is 48.6 Å². The van der Waals surface area contributed by atoms with Crippen molar-refractivity contribution in [2.24, 2.45) is 5.73 Å². The van der Waals surface area contributed by atoms with E-state index in [0.29, 0.717) is 6.42 Å². The number of unbranched alkanes of at least 4 members (excludes halogenated alkanes) is 17. The normalized spacial score (nSPS) is 14.9. The average molecular weight is 697 g/mol. The Morgan fingerprint density at radius 3 is 1.77 bits per heavy atom. The first-order chi connectivity index (χ1) is 23.4. The van der Waals surface area contributed by atoms with Gasteiger partial charge < -0.3 is 21.1 Å². The summed E-state index contributed by atoms with van der Waals surface area (Å²) in [7, 11) is -4.34. The van der Waals surface area contributed by atoms with Crippen LogP contribution >= 0.6 is 7.82 Å². The molecule has 0 rings (SSSR count). The Balaban J connectivity index is 4.25. The van der Waals surface area contributed by atoms with Crippen LogP contribution in [0.25, 0.3) is 0 Å². The minimum Gasteiger partial charge on any atom is -0.387 e. The number of phosphoric acid groups is 1. The number of hydrogen-bond donors (Lipinski definition) is 4. The number of amides is 1. The van der Waals surface area contributed by atoms with E-state index >= 15 is 0 Å². The van der Waals surface area contributed by atoms with Gasteiger partial charge in [0.05, 0.1) is 25.4 Å². The van der Waals surface area contributed by atoms with Gasteiger partial charge in [-0.1, -0.05) is 140 Å². The molecule has 0 aromatic carbocycles. The Hall–Kier alpha value is -1.54. The Morgan fingerprint density at radius 2 is 1.17 bits per heavy atom. The van der Waals surface area contributed by atoms with E-state index in [1.165, 1.54) is 96.3 Å². The molecule has 5 N–H and O–H groups in total. The molecule has 3 unspecified atom stereocenters. The highest BCUT2D eigenvalue weighted by atomic mass is 31.2. The van der Waals surface area contributed by atoms with Crippen molar-refractivity contribution in [3.63, 3.8) is 0 Å². The maximum Gasteiger partial charge on any atom is 0.472 e. The number of allylic oxidation sites excluding steroid dienone is 7. The van der Waals surface area contributed by atoms with Gasteiger partial charge in [-0.15, -0.1) is 0 Å². The molecule has 0 aliphatic heterocycles. The number of carbonyl (C=O) groups excluding carboxylic acids is 1. The molecule has 0 aliphatic rings. The molecule has 0 bridgehead atoms. The second-order valence-electron chi connectivity index (χ2n) is 12.8. The first kappa shape index (κ1) is 46.5. The molecule has 9 heteroatoms. The van der Waals surface area contributed by atoms with Gasteiger partial charge in [0.2, 0.25) is 5.91 Å². The van der Waals surface area contributed by atoms with Gasteiger partial charge in [0.15, 0.2) is 0 Å². The number of nitrogens with two attached hydrogens (primary N) is 1. The fourth-order valence-electron chi connectivity index (χ4n) is 5.18. The maximum absolute atomic E-state index is 12.7. The number of aliphatic hydroxyl groups excluding tert-OH is 1. The topological polar surface area (TPSA) is 131 Å². The van der Waals surface area contributed by atoms with E-state index in [9.17, 15) is 19.4 Å². The van der Waals surface area contributed by atoms with E-state index in [-0.39, 0.29) is 25.7 Å². The van der Waals surface area contributed by atoms with Crippen LogP contribution in [0.2, 0.25) is 0 Å². The molecule has 280 valence electrons. The average Bonchev–Trinajstić information content (AvgIpc) is 3.07. The number of carbonyl (C=O) groups is 1. The summed E-state index contributed by atoms with van der Waals surface area (Å²) in [6.45, 7) is 4.03. The van der Waals surface area contributed by atoms with Gasteiger partial charge in [0.1, 0.15) is 0 Å². The number of rotatable bonds is 35. The number of aliphatic hydroxyl groups is 1. The van der Waals surface area contributed by atoms with Gasteiger partial charge in [-0.2, -0.15) is 0 Å². The van der Waals surface area contributed by atoms with Crippen LogP contribution in [-0.4, -0.2) is 47.8 Å². The zero-order valence-corrected chi connectivity index (χ0v) is 31.6. The fourth-order valence-corrected chi connectivity index (χ4v) is 5.94. The molecule has 48 heavy (non-hydrogen) atoms. The molecule has 0 saturated carbocycles. The monoisotopic (exact) mass is 697 g/mol. The Kier molecular flexibility index (Phi) is 34.2. The molecule has 0 fully saturated rings. The largest absolute Gasteiger partial charge is 0.472 e. The zero-order valence-electron chi connectivity index (χ0n) is 30.7. The summed E-state index contributed by atoms with van der Waals surface area (Å²) in [6, 6.07) is -0.877. The van der Waals surface area contributed by atoms with Crippen molar-refractivity contribution in [1.82, 2.24) is 5.32 Å². The van der Waals surface area contributed by atoms with E-state index in [1.807, 2.05) is 6.08 Å². The van der Waals surface area contributed by atoms with Crippen molar-refractivity contribution >= 4 is 13.7 Å². The van der Waals surface area contributed by atoms with Gasteiger partial charge >= 0.3 is 7.82 Å². The number of nitrogens with one attached hydrogen (secondary N) is 1. The Morgan fingerprint density at radius 1 is 0.688 bits per heavy atom. The lowest BCUT2D eigenvalue weighted by Gasteiger charge is -2.23. The Labute approximate surface area is 294 Å². The highest BCUT2D eigenvalue weighted by molar-refractivity contribution is 7.47. The van der Waals surface area contributed by atoms with Crippen LogP contribution in [0.15, 0.2) is 48.6 Å². The first-order valence-electron chi connectivity index (χ1n) is 19.3. The van der Waals surface area contributed by atoms with Crippen LogP contribution in [0.3, 0.4) is 0 Å². The predicted molar refractivity (Wildman–Crippen MR) is 203 cm³/mol. The van der Waals surface area contributed by atoms with Crippen LogP contribution < -0.4 is 11.1 Å². The van der Waals surface area contributed by atoms with Crippen molar-refractivity contribution in [2.75, 3.05) is 19.8 Å². The van der Waals surface area contributed by atoms with Gasteiger partial charge in [-0.25, -0.2) is 4.57 Å². The fraction of sp³-hybridized carbons (Fsp3) is 0.769. The number of hydrogen-bond acceptors (Lipinski definition) is 6. The third kappa shape index (κ3) is 33.0. The van der Waals surface area contributed by atoms with Crippen molar-refractivity contribution < 1.29 is 28.4 Å². The van der Waals surface area contributed by atoms with E-state index in [1.54, 1.807) is 6.08 Å². The molecule has 0 radical (unpaired) electrons. The van der Waals surface area contributed by atoms with Gasteiger partial charge in [-0.05, 0) is 64.2 Å². The van der Waals surface area contributed by atoms with E-state index in [0.717, 1.165) is 44.9 Å². The molecule has 0 aromatic rings. The molecule has 3 atom stereocenters. The van der Waals surface area contributed by atoms with E-state index in [4.69, 9.17) is 14.8 Å². The molecule has 8 nitrogen and oxygen atoms in total. The lowest BCUT2D eigenvalue weighted by molar-refractivity contribution is -0.123. The zero-order chi connectivity index (χ0) is 35.4. The van der Waals surface area contributed by atoms with Crippen LogP contribution in [0.5, 0.6) is 0 Å². The SMILES string of the molecule is CCCCC/C=C\C/C=C\CCCCCCCCCCCC(=O)NC(COP(=O)(O)OCCN)C(O)/C=C/CC/C=C/CCCCCC. The van der Waals surface area contributed by atoms with Gasteiger partial charge in [0.25, 0.3) is 0 Å². The summed E-state index contributed by atoms with van der Waals surface area (Å²) in [6.07, 6.45) is 41.6. The second-order valence-corrected chi connectivity index (χ2v) is 14.2. The first-order valence-corrected chi connectivity index (χ1v) is 20.8. The minimum absolute atomic E-state index is 0.0716. The van der Waals surface area contributed by atoms with Crippen molar-refractivity contribution in [3.8, 4) is 0 Å². The smallest absolute Gasteiger partial charge is 0.387 e. The summed E-state index contributed by atoms with van der Waals surface area (Å²) in [5.41, 5.74) is 5.35. The predicted octanol–water partition coefficient (Wildman–Crippen LogP) is 10.2. The van der Waals surface area contributed by atoms with Crippen molar-refractivity contribution in [1.29, 1.82) is 0 Å². The molecule has 0 heterocycles. The molecule has 0 aromatic heterocycles. The summed E-state index contributed by atoms with van der Waals surface area (Å²) < 4.78 is 22.0. The van der Waals surface area contributed by atoms with Crippen LogP contribution in [0.4, 0.5) is 0 Å². The van der Waals surface area contributed by atoms with Crippen LogP contribution in [0, 0.1) is 0 Å². The summed E-state index contributed by atoms with van der Waals surface area (Å²) in [4.78, 5) is 22.6. The molecular formula is C39H73N2O6P. The van der Waals surface area contributed by atoms with E-state index < -0.39 is 20.0 Å².